The molecule has 0 saturated carbocycles. The minimum atomic E-state index is -0.771. The number of aromatic nitrogens is 1. The summed E-state index contributed by atoms with van der Waals surface area (Å²) < 4.78 is 31.9. The topological polar surface area (TPSA) is 72.5 Å². The Morgan fingerprint density at radius 3 is 2.95 bits per heavy atom. The fourth-order valence-electron chi connectivity index (χ4n) is 1.47. The molecule has 0 saturated heterocycles. The number of rotatable bonds is 5. The molecule has 0 bridgehead atoms. The third-order valence-electron chi connectivity index (χ3n) is 2.21. The summed E-state index contributed by atoms with van der Waals surface area (Å²) in [5.41, 5.74) is 8.27. The number of halogens is 2. The number of hydrogen-bond donors (Lipinski definition) is 2. The highest BCUT2D eigenvalue weighted by molar-refractivity contribution is 7.14. The number of nitrogens with one attached hydrogen (secondary N) is 1. The van der Waals surface area contributed by atoms with Gasteiger partial charge in [0, 0.05) is 17.0 Å². The lowest BCUT2D eigenvalue weighted by atomic mass is 10.2. The molecule has 0 spiro atoms. The Morgan fingerprint density at radius 2 is 2.30 bits per heavy atom. The quantitative estimate of drug-likeness (QED) is 0.657. The Labute approximate surface area is 118 Å². The van der Waals surface area contributed by atoms with Crippen molar-refractivity contribution in [2.75, 3.05) is 17.8 Å². The first-order valence-electron chi connectivity index (χ1n) is 5.72. The van der Waals surface area contributed by atoms with E-state index in [4.69, 9.17) is 10.5 Å². The number of nitrogen functional groups attached to an aromatic ring is 1. The normalized spacial score (nSPS) is 10.9. The number of hydrogen-bond acceptors (Lipinski definition) is 6. The van der Waals surface area contributed by atoms with Gasteiger partial charge < -0.3 is 10.5 Å². The van der Waals surface area contributed by atoms with E-state index in [0.29, 0.717) is 10.9 Å². The van der Waals surface area contributed by atoms with Crippen LogP contribution in [0.1, 0.15) is 12.5 Å². The molecule has 0 unspecified atom stereocenters. The fraction of sp³-hybridized carbons (Fsp3) is 0.167. The largest absolute Gasteiger partial charge is 0.490 e. The van der Waals surface area contributed by atoms with E-state index in [1.54, 1.807) is 12.3 Å². The van der Waals surface area contributed by atoms with Crippen molar-refractivity contribution in [2.45, 2.75) is 6.92 Å². The van der Waals surface area contributed by atoms with Crippen molar-refractivity contribution < 1.29 is 13.5 Å². The van der Waals surface area contributed by atoms with Crippen LogP contribution in [0.3, 0.4) is 0 Å². The first-order chi connectivity index (χ1) is 9.60. The standard InChI is InChI=1S/C12H12F2N4OS/c1-2-19-11-7(3-8(13)4-9(11)14)5-16-18-12-17-10(15)6-20-12/h3-6H,2,15H2,1H3,(H,17,18). The summed E-state index contributed by atoms with van der Waals surface area (Å²) in [6.45, 7) is 1.97. The van der Waals surface area contributed by atoms with Crippen LogP contribution in [0.15, 0.2) is 22.6 Å². The van der Waals surface area contributed by atoms with Gasteiger partial charge in [-0.2, -0.15) is 5.10 Å². The Balaban J connectivity index is 2.19. The van der Waals surface area contributed by atoms with Crippen LogP contribution in [0.2, 0.25) is 0 Å². The molecule has 20 heavy (non-hydrogen) atoms. The number of anilines is 2. The van der Waals surface area contributed by atoms with Crippen molar-refractivity contribution in [3.05, 3.63) is 34.7 Å². The summed E-state index contributed by atoms with van der Waals surface area (Å²) in [4.78, 5) is 3.93. The smallest absolute Gasteiger partial charge is 0.205 e. The first kappa shape index (κ1) is 14.2. The highest BCUT2D eigenvalue weighted by Crippen LogP contribution is 2.23. The highest BCUT2D eigenvalue weighted by atomic mass is 32.1. The monoisotopic (exact) mass is 298 g/mol. The second-order valence-corrected chi connectivity index (χ2v) is 4.54. The van der Waals surface area contributed by atoms with Crippen LogP contribution in [0.25, 0.3) is 0 Å². The zero-order valence-corrected chi connectivity index (χ0v) is 11.4. The molecule has 0 amide bonds. The van der Waals surface area contributed by atoms with Gasteiger partial charge in [0.2, 0.25) is 5.13 Å². The summed E-state index contributed by atoms with van der Waals surface area (Å²) in [5.74, 6) is -1.14. The highest BCUT2D eigenvalue weighted by Gasteiger charge is 2.11. The van der Waals surface area contributed by atoms with Gasteiger partial charge in [0.1, 0.15) is 11.6 Å². The van der Waals surface area contributed by atoms with Gasteiger partial charge in [-0.15, -0.1) is 11.3 Å². The molecule has 3 N–H and O–H groups in total. The summed E-state index contributed by atoms with van der Waals surface area (Å²) >= 11 is 1.27. The molecule has 0 aliphatic carbocycles. The molecule has 5 nitrogen and oxygen atoms in total. The van der Waals surface area contributed by atoms with Crippen LogP contribution >= 0.6 is 11.3 Å². The van der Waals surface area contributed by atoms with Crippen LogP contribution in [0, 0.1) is 11.6 Å². The number of nitrogens with zero attached hydrogens (tertiary/aromatic N) is 2. The molecule has 0 aliphatic rings. The molecule has 2 rings (SSSR count). The van der Waals surface area contributed by atoms with Crippen LogP contribution in [0.5, 0.6) is 5.75 Å². The van der Waals surface area contributed by atoms with E-state index in [1.807, 2.05) is 0 Å². The van der Waals surface area contributed by atoms with Crippen molar-refractivity contribution in [1.29, 1.82) is 0 Å². The number of ether oxygens (including phenoxy) is 1. The maximum atomic E-state index is 13.6. The maximum Gasteiger partial charge on any atom is 0.205 e. The Morgan fingerprint density at radius 1 is 1.50 bits per heavy atom. The molecule has 8 heteroatoms. The van der Waals surface area contributed by atoms with Gasteiger partial charge in [-0.1, -0.05) is 0 Å². The van der Waals surface area contributed by atoms with Gasteiger partial charge in [0.05, 0.1) is 12.8 Å². The lowest BCUT2D eigenvalue weighted by molar-refractivity contribution is 0.320. The van der Waals surface area contributed by atoms with E-state index in [2.05, 4.69) is 15.5 Å². The Bertz CT molecular complexity index is 630. The van der Waals surface area contributed by atoms with Crippen molar-refractivity contribution in [2.24, 2.45) is 5.10 Å². The second-order valence-electron chi connectivity index (χ2n) is 3.69. The van der Waals surface area contributed by atoms with E-state index in [9.17, 15) is 8.78 Å². The molecule has 1 heterocycles. The Kier molecular flexibility index (Phi) is 4.46. The number of hydrazone groups is 1. The Hall–Kier alpha value is -2.22. The van der Waals surface area contributed by atoms with Gasteiger partial charge >= 0.3 is 0 Å². The van der Waals surface area contributed by atoms with Crippen LogP contribution < -0.4 is 15.9 Å². The molecule has 106 valence electrons. The van der Waals surface area contributed by atoms with Crippen LogP contribution in [-0.2, 0) is 0 Å². The predicted molar refractivity (Wildman–Crippen MR) is 75.3 cm³/mol. The van der Waals surface area contributed by atoms with E-state index < -0.39 is 11.6 Å². The minimum absolute atomic E-state index is 0.0434. The molecule has 1 aromatic heterocycles. The molecular weight excluding hydrogens is 286 g/mol. The molecule has 0 atom stereocenters. The summed E-state index contributed by atoms with van der Waals surface area (Å²) in [7, 11) is 0. The number of nitrogens with two attached hydrogens (primary N) is 1. The maximum absolute atomic E-state index is 13.6. The molecule has 0 fully saturated rings. The van der Waals surface area contributed by atoms with Gasteiger partial charge in [-0.05, 0) is 13.0 Å². The summed E-state index contributed by atoms with van der Waals surface area (Å²) in [5, 5.41) is 5.98. The lowest BCUT2D eigenvalue weighted by Gasteiger charge is -2.08. The van der Waals surface area contributed by atoms with Gasteiger partial charge in [0.25, 0.3) is 0 Å². The molecular formula is C12H12F2N4OS. The average molecular weight is 298 g/mol. The van der Waals surface area contributed by atoms with Gasteiger partial charge in [-0.3, -0.25) is 5.43 Å². The van der Waals surface area contributed by atoms with E-state index in [-0.39, 0.29) is 17.9 Å². The van der Waals surface area contributed by atoms with Crippen molar-refractivity contribution in [3.8, 4) is 5.75 Å². The summed E-state index contributed by atoms with van der Waals surface area (Å²) in [6.07, 6.45) is 1.26. The van der Waals surface area contributed by atoms with Crippen molar-refractivity contribution >= 4 is 28.5 Å². The van der Waals surface area contributed by atoms with Crippen molar-refractivity contribution in [3.63, 3.8) is 0 Å². The zero-order valence-electron chi connectivity index (χ0n) is 10.6. The second kappa shape index (κ2) is 6.29. The zero-order chi connectivity index (χ0) is 14.5. The van der Waals surface area contributed by atoms with Crippen LogP contribution in [-0.4, -0.2) is 17.8 Å². The first-order valence-corrected chi connectivity index (χ1v) is 6.60. The van der Waals surface area contributed by atoms with E-state index in [0.717, 1.165) is 12.1 Å². The van der Waals surface area contributed by atoms with E-state index >= 15 is 0 Å². The van der Waals surface area contributed by atoms with E-state index in [1.165, 1.54) is 17.6 Å². The van der Waals surface area contributed by atoms with Crippen LogP contribution in [0.4, 0.5) is 19.7 Å². The number of benzene rings is 1. The third-order valence-corrected chi connectivity index (χ3v) is 2.98. The predicted octanol–water partition coefficient (Wildman–Crippen LogP) is 2.85. The minimum Gasteiger partial charge on any atom is -0.490 e. The third kappa shape index (κ3) is 3.41. The summed E-state index contributed by atoms with van der Waals surface area (Å²) in [6, 6.07) is 1.90. The SMILES string of the molecule is CCOc1c(F)cc(F)cc1C=NNc1nc(N)cs1. The molecule has 2 aromatic rings. The van der Waals surface area contributed by atoms with Gasteiger partial charge in [0.15, 0.2) is 11.6 Å². The lowest BCUT2D eigenvalue weighted by Crippen LogP contribution is -2.01. The fourth-order valence-corrected chi connectivity index (χ4v) is 2.02. The molecule has 0 radical (unpaired) electrons. The number of thiazole rings is 1. The molecule has 1 aromatic carbocycles. The van der Waals surface area contributed by atoms with Gasteiger partial charge in [-0.25, -0.2) is 13.8 Å². The van der Waals surface area contributed by atoms with Crippen molar-refractivity contribution in [1.82, 2.24) is 4.98 Å². The molecule has 0 aliphatic heterocycles. The average Bonchev–Trinajstić information content (AvgIpc) is 2.79.